The number of aromatic nitrogens is 2. The van der Waals surface area contributed by atoms with Crippen LogP contribution in [0.2, 0.25) is 0 Å². The standard InChI is InChI=1S/C20H19N3O2/c1-15(24)17-6-5-7-18(12-17)22-20(25)11-10-16-13-21-23(14-16)19-8-3-2-4-9-19/h2-9,12-14H,10-11H2,1H3,(H,22,25). The maximum Gasteiger partial charge on any atom is 0.224 e. The molecule has 0 fully saturated rings. The first-order chi connectivity index (χ1) is 12.1. The van der Waals surface area contributed by atoms with E-state index in [4.69, 9.17) is 0 Å². The summed E-state index contributed by atoms with van der Waals surface area (Å²) in [5, 5.41) is 7.15. The number of amides is 1. The largest absolute Gasteiger partial charge is 0.326 e. The molecule has 0 aliphatic carbocycles. The van der Waals surface area contributed by atoms with Gasteiger partial charge in [0.2, 0.25) is 5.91 Å². The molecule has 0 saturated carbocycles. The highest BCUT2D eigenvalue weighted by Crippen LogP contribution is 2.13. The molecular weight excluding hydrogens is 314 g/mol. The van der Waals surface area contributed by atoms with Crippen molar-refractivity contribution in [3.05, 3.63) is 78.1 Å². The number of nitrogens with one attached hydrogen (secondary N) is 1. The van der Waals surface area contributed by atoms with Crippen molar-refractivity contribution in [2.75, 3.05) is 5.32 Å². The number of hydrogen-bond donors (Lipinski definition) is 1. The van der Waals surface area contributed by atoms with Crippen molar-refractivity contribution in [1.82, 2.24) is 9.78 Å². The van der Waals surface area contributed by atoms with Crippen molar-refractivity contribution in [2.24, 2.45) is 0 Å². The molecule has 0 bridgehead atoms. The molecule has 0 atom stereocenters. The molecule has 0 saturated heterocycles. The van der Waals surface area contributed by atoms with Gasteiger partial charge in [0.1, 0.15) is 0 Å². The Morgan fingerprint density at radius 1 is 1.08 bits per heavy atom. The monoisotopic (exact) mass is 333 g/mol. The van der Waals surface area contributed by atoms with E-state index in [0.29, 0.717) is 24.1 Å². The molecule has 1 N–H and O–H groups in total. The molecule has 0 unspecified atom stereocenters. The van der Waals surface area contributed by atoms with Crippen LogP contribution >= 0.6 is 0 Å². The highest BCUT2D eigenvalue weighted by atomic mass is 16.1. The first-order valence-corrected chi connectivity index (χ1v) is 8.11. The van der Waals surface area contributed by atoms with E-state index in [2.05, 4.69) is 10.4 Å². The van der Waals surface area contributed by atoms with Crippen molar-refractivity contribution in [3.63, 3.8) is 0 Å². The number of aryl methyl sites for hydroxylation is 1. The summed E-state index contributed by atoms with van der Waals surface area (Å²) in [6, 6.07) is 16.8. The number of nitrogens with zero attached hydrogens (tertiary/aromatic N) is 2. The van der Waals surface area contributed by atoms with Crippen LogP contribution in [0.4, 0.5) is 5.69 Å². The Morgan fingerprint density at radius 3 is 2.64 bits per heavy atom. The molecule has 25 heavy (non-hydrogen) atoms. The van der Waals surface area contributed by atoms with Crippen LogP contribution in [-0.2, 0) is 11.2 Å². The zero-order chi connectivity index (χ0) is 17.6. The zero-order valence-corrected chi connectivity index (χ0v) is 14.0. The van der Waals surface area contributed by atoms with Crippen molar-refractivity contribution < 1.29 is 9.59 Å². The van der Waals surface area contributed by atoms with Crippen LogP contribution in [0.3, 0.4) is 0 Å². The van der Waals surface area contributed by atoms with Gasteiger partial charge in [0, 0.05) is 23.9 Å². The Hall–Kier alpha value is -3.21. The molecule has 5 heteroatoms. The van der Waals surface area contributed by atoms with E-state index < -0.39 is 0 Å². The maximum absolute atomic E-state index is 12.1. The second-order valence-corrected chi connectivity index (χ2v) is 5.81. The first kappa shape index (κ1) is 16.6. The Bertz CT molecular complexity index is 885. The first-order valence-electron chi connectivity index (χ1n) is 8.11. The maximum atomic E-state index is 12.1. The Morgan fingerprint density at radius 2 is 1.88 bits per heavy atom. The average Bonchev–Trinajstić information content (AvgIpc) is 3.10. The van der Waals surface area contributed by atoms with Crippen molar-refractivity contribution in [2.45, 2.75) is 19.8 Å². The molecule has 5 nitrogen and oxygen atoms in total. The molecule has 1 amide bonds. The number of anilines is 1. The van der Waals surface area contributed by atoms with Crippen LogP contribution in [0.5, 0.6) is 0 Å². The molecule has 0 aliphatic rings. The summed E-state index contributed by atoms with van der Waals surface area (Å²) >= 11 is 0. The van der Waals surface area contributed by atoms with Gasteiger partial charge in [0.05, 0.1) is 11.9 Å². The Balaban J connectivity index is 1.57. The number of para-hydroxylation sites is 1. The van der Waals surface area contributed by atoms with E-state index in [1.54, 1.807) is 35.1 Å². The molecule has 2 aromatic carbocycles. The van der Waals surface area contributed by atoms with E-state index in [1.807, 2.05) is 36.5 Å². The lowest BCUT2D eigenvalue weighted by Crippen LogP contribution is -2.12. The number of rotatable bonds is 6. The molecule has 0 radical (unpaired) electrons. The van der Waals surface area contributed by atoms with Crippen LogP contribution in [0.1, 0.15) is 29.3 Å². The van der Waals surface area contributed by atoms with Gasteiger partial charge < -0.3 is 5.32 Å². The number of carbonyl (C=O) groups excluding carboxylic acids is 2. The zero-order valence-electron chi connectivity index (χ0n) is 14.0. The highest BCUT2D eigenvalue weighted by Gasteiger charge is 2.07. The minimum atomic E-state index is -0.0897. The summed E-state index contributed by atoms with van der Waals surface area (Å²) in [5.41, 5.74) is 3.20. The van der Waals surface area contributed by atoms with Crippen LogP contribution in [0, 0.1) is 0 Å². The molecule has 1 aromatic heterocycles. The van der Waals surface area contributed by atoms with Gasteiger partial charge in [0.15, 0.2) is 5.78 Å². The van der Waals surface area contributed by atoms with E-state index in [-0.39, 0.29) is 11.7 Å². The molecule has 0 aliphatic heterocycles. The third kappa shape index (κ3) is 4.41. The lowest BCUT2D eigenvalue weighted by molar-refractivity contribution is -0.116. The fourth-order valence-corrected chi connectivity index (χ4v) is 2.51. The van der Waals surface area contributed by atoms with E-state index in [0.717, 1.165) is 11.3 Å². The second kappa shape index (κ2) is 7.57. The summed E-state index contributed by atoms with van der Waals surface area (Å²) < 4.78 is 1.80. The quantitative estimate of drug-likeness (QED) is 0.700. The minimum absolute atomic E-state index is 0.0237. The molecule has 126 valence electrons. The van der Waals surface area contributed by atoms with Crippen LogP contribution in [0.15, 0.2) is 67.0 Å². The van der Waals surface area contributed by atoms with Gasteiger partial charge in [-0.3, -0.25) is 9.59 Å². The Labute approximate surface area is 146 Å². The molecular formula is C20H19N3O2. The van der Waals surface area contributed by atoms with Crippen LogP contribution < -0.4 is 5.32 Å². The van der Waals surface area contributed by atoms with Gasteiger partial charge in [-0.1, -0.05) is 30.3 Å². The number of ketones is 1. The normalized spacial score (nSPS) is 10.4. The minimum Gasteiger partial charge on any atom is -0.326 e. The molecule has 3 aromatic rings. The van der Waals surface area contributed by atoms with E-state index in [1.165, 1.54) is 6.92 Å². The summed E-state index contributed by atoms with van der Waals surface area (Å²) in [7, 11) is 0. The fraction of sp³-hybridized carbons (Fsp3) is 0.150. The summed E-state index contributed by atoms with van der Waals surface area (Å²) in [6.45, 7) is 1.51. The van der Waals surface area contributed by atoms with Crippen LogP contribution in [-0.4, -0.2) is 21.5 Å². The summed E-state index contributed by atoms with van der Waals surface area (Å²) in [5.74, 6) is -0.113. The van der Waals surface area contributed by atoms with E-state index in [9.17, 15) is 9.59 Å². The van der Waals surface area contributed by atoms with Gasteiger partial charge in [-0.15, -0.1) is 0 Å². The smallest absolute Gasteiger partial charge is 0.224 e. The SMILES string of the molecule is CC(=O)c1cccc(NC(=O)CCc2cnn(-c3ccccc3)c2)c1. The molecule has 3 rings (SSSR count). The predicted molar refractivity (Wildman–Crippen MR) is 97.0 cm³/mol. The second-order valence-electron chi connectivity index (χ2n) is 5.81. The van der Waals surface area contributed by atoms with Crippen molar-refractivity contribution in [3.8, 4) is 5.69 Å². The third-order valence-electron chi connectivity index (χ3n) is 3.85. The van der Waals surface area contributed by atoms with Gasteiger partial charge in [-0.2, -0.15) is 5.10 Å². The molecule has 1 heterocycles. The van der Waals surface area contributed by atoms with Gasteiger partial charge in [-0.25, -0.2) is 4.68 Å². The van der Waals surface area contributed by atoms with Gasteiger partial charge in [-0.05, 0) is 43.2 Å². The number of hydrogen-bond acceptors (Lipinski definition) is 3. The molecule has 0 spiro atoms. The average molecular weight is 333 g/mol. The third-order valence-corrected chi connectivity index (χ3v) is 3.85. The van der Waals surface area contributed by atoms with E-state index >= 15 is 0 Å². The lowest BCUT2D eigenvalue weighted by atomic mass is 10.1. The number of carbonyl (C=O) groups is 2. The number of benzene rings is 2. The van der Waals surface area contributed by atoms with Crippen molar-refractivity contribution in [1.29, 1.82) is 0 Å². The Kier molecular flexibility index (Phi) is 5.04. The highest BCUT2D eigenvalue weighted by molar-refractivity contribution is 5.97. The van der Waals surface area contributed by atoms with Gasteiger partial charge in [0.25, 0.3) is 0 Å². The van der Waals surface area contributed by atoms with Crippen molar-refractivity contribution >= 4 is 17.4 Å². The predicted octanol–water partition coefficient (Wildman–Crippen LogP) is 3.65. The topological polar surface area (TPSA) is 64.0 Å². The van der Waals surface area contributed by atoms with Crippen LogP contribution in [0.25, 0.3) is 5.69 Å². The summed E-state index contributed by atoms with van der Waals surface area (Å²) in [6.07, 6.45) is 4.66. The fourth-order valence-electron chi connectivity index (χ4n) is 2.51. The number of Topliss-reactive ketones (excluding diaryl/α,β-unsaturated/α-hetero) is 1. The summed E-state index contributed by atoms with van der Waals surface area (Å²) in [4.78, 5) is 23.5. The lowest BCUT2D eigenvalue weighted by Gasteiger charge is -2.06. The van der Waals surface area contributed by atoms with Gasteiger partial charge >= 0.3 is 0 Å².